The Labute approximate surface area is 157 Å². The summed E-state index contributed by atoms with van der Waals surface area (Å²) in [4.78, 5) is 13.0. The molecule has 0 N–H and O–H groups in total. The van der Waals surface area contributed by atoms with Crippen molar-refractivity contribution in [3.63, 3.8) is 0 Å². The predicted molar refractivity (Wildman–Crippen MR) is 106 cm³/mol. The maximum absolute atomic E-state index is 13.0. The number of hydrogen-bond acceptors (Lipinski definition) is 3. The highest BCUT2D eigenvalue weighted by molar-refractivity contribution is 5.66. The van der Waals surface area contributed by atoms with Gasteiger partial charge >= 0.3 is 0 Å². The molecule has 0 spiro atoms. The zero-order chi connectivity index (χ0) is 19.0. The van der Waals surface area contributed by atoms with Crippen molar-refractivity contribution in [2.24, 2.45) is 0 Å². The minimum absolute atomic E-state index is 0.0555. The molecule has 0 amide bonds. The summed E-state index contributed by atoms with van der Waals surface area (Å²) in [6, 6.07) is 15.8. The number of rotatable bonds is 4. The number of hydrogen-bond donors (Lipinski definition) is 0. The van der Waals surface area contributed by atoms with E-state index in [1.165, 1.54) is 11.1 Å². The van der Waals surface area contributed by atoms with Crippen LogP contribution in [0.15, 0.2) is 65.7 Å². The quantitative estimate of drug-likeness (QED) is 0.556. The van der Waals surface area contributed by atoms with Crippen LogP contribution in [0.1, 0.15) is 16.7 Å². The summed E-state index contributed by atoms with van der Waals surface area (Å²) in [5, 5.41) is 4.55. The van der Waals surface area contributed by atoms with Gasteiger partial charge in [-0.3, -0.25) is 4.79 Å². The van der Waals surface area contributed by atoms with Crippen LogP contribution in [0.5, 0.6) is 5.75 Å². The first-order valence-corrected chi connectivity index (χ1v) is 8.84. The number of nitrogens with zero attached hydrogens (tertiary/aromatic N) is 3. The van der Waals surface area contributed by atoms with E-state index in [1.54, 1.807) is 22.4 Å². The van der Waals surface area contributed by atoms with Crippen LogP contribution < -0.4 is 10.3 Å². The van der Waals surface area contributed by atoms with Crippen molar-refractivity contribution in [2.75, 3.05) is 7.11 Å². The number of aromatic nitrogens is 3. The first kappa shape index (κ1) is 17.1. The Kier molecular flexibility index (Phi) is 4.28. The molecule has 2 aromatic carbocycles. The third-order valence-corrected chi connectivity index (χ3v) is 4.81. The molecule has 4 rings (SSSR count). The topological polar surface area (TPSA) is 48.5 Å². The van der Waals surface area contributed by atoms with E-state index in [0.29, 0.717) is 12.1 Å². The Morgan fingerprint density at radius 1 is 1.04 bits per heavy atom. The van der Waals surface area contributed by atoms with Crippen molar-refractivity contribution in [2.45, 2.75) is 20.4 Å². The van der Waals surface area contributed by atoms with Crippen molar-refractivity contribution >= 4 is 5.52 Å². The van der Waals surface area contributed by atoms with Crippen molar-refractivity contribution in [1.82, 2.24) is 14.2 Å². The van der Waals surface area contributed by atoms with E-state index in [9.17, 15) is 4.79 Å². The maximum atomic E-state index is 13.0. The van der Waals surface area contributed by atoms with Gasteiger partial charge < -0.3 is 9.30 Å². The van der Waals surface area contributed by atoms with Crippen LogP contribution in [0, 0.1) is 13.8 Å². The van der Waals surface area contributed by atoms with E-state index in [2.05, 4.69) is 37.1 Å². The molecule has 0 bridgehead atoms. The summed E-state index contributed by atoms with van der Waals surface area (Å²) in [6.45, 7) is 4.67. The molecule has 0 radical (unpaired) electrons. The summed E-state index contributed by atoms with van der Waals surface area (Å²) in [6.07, 6.45) is 3.62. The van der Waals surface area contributed by atoms with Gasteiger partial charge in [0.05, 0.1) is 19.3 Å². The Balaban J connectivity index is 1.76. The van der Waals surface area contributed by atoms with E-state index < -0.39 is 0 Å². The first-order chi connectivity index (χ1) is 13.0. The van der Waals surface area contributed by atoms with Crippen LogP contribution in [-0.2, 0) is 6.54 Å². The van der Waals surface area contributed by atoms with Crippen LogP contribution in [-0.4, -0.2) is 21.3 Å². The molecule has 0 saturated carbocycles. The van der Waals surface area contributed by atoms with Crippen molar-refractivity contribution < 1.29 is 4.74 Å². The predicted octanol–water partition coefficient (Wildman–Crippen LogP) is 3.84. The van der Waals surface area contributed by atoms with Crippen LogP contribution in [0.2, 0.25) is 0 Å². The molecule has 5 nitrogen and oxygen atoms in total. The van der Waals surface area contributed by atoms with Gasteiger partial charge in [-0.2, -0.15) is 5.10 Å². The molecule has 0 aliphatic heterocycles. The van der Waals surface area contributed by atoms with Crippen molar-refractivity contribution in [3.05, 3.63) is 88.0 Å². The second-order valence-electron chi connectivity index (χ2n) is 6.75. The molecular weight excluding hydrogens is 338 g/mol. The second kappa shape index (κ2) is 6.76. The van der Waals surface area contributed by atoms with E-state index in [1.807, 2.05) is 36.5 Å². The highest BCUT2D eigenvalue weighted by atomic mass is 16.5. The summed E-state index contributed by atoms with van der Waals surface area (Å²) in [7, 11) is 1.63. The van der Waals surface area contributed by atoms with E-state index >= 15 is 0 Å². The molecule has 5 heteroatoms. The fourth-order valence-corrected chi connectivity index (χ4v) is 3.23. The normalized spacial score (nSPS) is 11.1. The van der Waals surface area contributed by atoms with Gasteiger partial charge in [0.2, 0.25) is 0 Å². The lowest BCUT2D eigenvalue weighted by atomic mass is 10.1. The summed E-state index contributed by atoms with van der Waals surface area (Å²) in [5.74, 6) is 0.761. The number of ether oxygens (including phenoxy) is 1. The first-order valence-electron chi connectivity index (χ1n) is 8.84. The molecule has 0 saturated heterocycles. The van der Waals surface area contributed by atoms with Crippen LogP contribution in [0.4, 0.5) is 0 Å². The highest BCUT2D eigenvalue weighted by Crippen LogP contribution is 2.23. The molecule has 2 heterocycles. The number of fused-ring (bicyclic) bond motifs is 1. The largest absolute Gasteiger partial charge is 0.497 e. The monoisotopic (exact) mass is 359 g/mol. The van der Waals surface area contributed by atoms with Crippen molar-refractivity contribution in [3.8, 4) is 17.0 Å². The lowest BCUT2D eigenvalue weighted by Crippen LogP contribution is -2.22. The number of methoxy groups -OCH3 is 1. The summed E-state index contributed by atoms with van der Waals surface area (Å²) in [5.41, 5.74) is 5.68. The van der Waals surface area contributed by atoms with E-state index in [4.69, 9.17) is 4.74 Å². The van der Waals surface area contributed by atoms with Gasteiger partial charge in [0, 0.05) is 18.0 Å². The van der Waals surface area contributed by atoms with Gasteiger partial charge in [0.1, 0.15) is 11.3 Å². The summed E-state index contributed by atoms with van der Waals surface area (Å²) >= 11 is 0. The molecule has 0 atom stereocenters. The highest BCUT2D eigenvalue weighted by Gasteiger charge is 2.11. The van der Waals surface area contributed by atoms with Gasteiger partial charge in [-0.25, -0.2) is 4.52 Å². The van der Waals surface area contributed by atoms with E-state index in [-0.39, 0.29) is 5.56 Å². The smallest absolute Gasteiger partial charge is 0.276 e. The lowest BCUT2D eigenvalue weighted by Gasteiger charge is -2.10. The van der Waals surface area contributed by atoms with Gasteiger partial charge in [0.15, 0.2) is 0 Å². The number of aryl methyl sites for hydroxylation is 2. The van der Waals surface area contributed by atoms with Gasteiger partial charge in [-0.05, 0) is 43.2 Å². The summed E-state index contributed by atoms with van der Waals surface area (Å²) < 4.78 is 8.65. The Bertz CT molecular complexity index is 1190. The van der Waals surface area contributed by atoms with Crippen molar-refractivity contribution in [1.29, 1.82) is 0 Å². The minimum Gasteiger partial charge on any atom is -0.497 e. The Morgan fingerprint density at radius 3 is 2.70 bits per heavy atom. The zero-order valence-electron chi connectivity index (χ0n) is 15.6. The molecule has 0 fully saturated rings. The van der Waals surface area contributed by atoms with Crippen LogP contribution in [0.3, 0.4) is 0 Å². The molecular formula is C22H21N3O2. The van der Waals surface area contributed by atoms with Gasteiger partial charge in [-0.15, -0.1) is 0 Å². The Morgan fingerprint density at radius 2 is 1.89 bits per heavy atom. The average Bonchev–Trinajstić information content (AvgIpc) is 3.12. The van der Waals surface area contributed by atoms with Gasteiger partial charge in [-0.1, -0.05) is 35.9 Å². The van der Waals surface area contributed by atoms with E-state index in [0.717, 1.165) is 22.6 Å². The number of benzene rings is 2. The third kappa shape index (κ3) is 3.24. The molecule has 0 aliphatic carbocycles. The van der Waals surface area contributed by atoms with Crippen LogP contribution >= 0.6 is 0 Å². The molecule has 2 aromatic heterocycles. The zero-order valence-corrected chi connectivity index (χ0v) is 15.6. The molecule has 0 aliphatic rings. The fourth-order valence-electron chi connectivity index (χ4n) is 3.23. The Hall–Kier alpha value is -3.34. The molecule has 4 aromatic rings. The van der Waals surface area contributed by atoms with Crippen LogP contribution in [0.25, 0.3) is 16.8 Å². The van der Waals surface area contributed by atoms with Gasteiger partial charge in [0.25, 0.3) is 5.56 Å². The standard InChI is InChI=1S/C22H21N3O2/c1-15-7-8-16(2)18(11-15)14-24-9-10-25-21(22(24)26)13-20(23-25)17-5-4-6-19(12-17)27-3/h4-13H,14H2,1-3H3. The fraction of sp³-hybridized carbons (Fsp3) is 0.182. The second-order valence-corrected chi connectivity index (χ2v) is 6.75. The molecule has 27 heavy (non-hydrogen) atoms. The maximum Gasteiger partial charge on any atom is 0.276 e. The SMILES string of the molecule is COc1cccc(-c2cc3c(=O)n(Cc4cc(C)ccc4C)ccn3n2)c1. The minimum atomic E-state index is -0.0555. The lowest BCUT2D eigenvalue weighted by molar-refractivity contribution is 0.415. The molecule has 136 valence electrons. The molecule has 0 unspecified atom stereocenters. The third-order valence-electron chi connectivity index (χ3n) is 4.81. The average molecular weight is 359 g/mol.